The van der Waals surface area contributed by atoms with Crippen molar-refractivity contribution in [3.8, 4) is 0 Å². The maximum Gasteiger partial charge on any atom is 0.0834 e. The van der Waals surface area contributed by atoms with Gasteiger partial charge in [0.25, 0.3) is 0 Å². The second-order valence-corrected chi connectivity index (χ2v) is 5.72. The van der Waals surface area contributed by atoms with E-state index in [2.05, 4.69) is 10.5 Å². The molecule has 102 valence electrons. The number of aryl methyl sites for hydroxylation is 1. The summed E-state index contributed by atoms with van der Waals surface area (Å²) in [6.07, 6.45) is 10.8. The van der Waals surface area contributed by atoms with Gasteiger partial charge in [-0.2, -0.15) is 5.10 Å². The number of aromatic nitrogens is 2. The van der Waals surface area contributed by atoms with E-state index in [1.165, 1.54) is 38.5 Å². The summed E-state index contributed by atoms with van der Waals surface area (Å²) in [5.74, 6) is 6.46. The number of halogens is 1. The van der Waals surface area contributed by atoms with Crippen LogP contribution in [0, 0.1) is 5.92 Å². The van der Waals surface area contributed by atoms with Gasteiger partial charge in [-0.1, -0.05) is 50.1 Å². The number of nitrogens with two attached hydrogens (primary N) is 1. The highest BCUT2D eigenvalue weighted by Gasteiger charge is 2.22. The molecule has 1 aromatic heterocycles. The molecule has 0 amide bonds. The first-order valence-electron chi connectivity index (χ1n) is 6.86. The normalized spacial score (nSPS) is 19.7. The minimum absolute atomic E-state index is 0.105. The van der Waals surface area contributed by atoms with E-state index in [1.54, 1.807) is 6.20 Å². The van der Waals surface area contributed by atoms with Crippen LogP contribution < -0.4 is 11.3 Å². The van der Waals surface area contributed by atoms with Gasteiger partial charge in [-0.05, 0) is 12.3 Å². The van der Waals surface area contributed by atoms with Gasteiger partial charge in [0.05, 0.1) is 23.0 Å². The molecule has 18 heavy (non-hydrogen) atoms. The standard InChI is InChI=1S/C13H23ClN4/c1-18-13(11(14)9-16-18)12(17-15)8-10-6-4-2-3-5-7-10/h9-10,12,17H,2-8,15H2,1H3. The quantitative estimate of drug-likeness (QED) is 0.502. The highest BCUT2D eigenvalue weighted by atomic mass is 35.5. The minimum Gasteiger partial charge on any atom is -0.271 e. The highest BCUT2D eigenvalue weighted by molar-refractivity contribution is 6.31. The molecule has 1 aromatic rings. The Labute approximate surface area is 114 Å². The fraction of sp³-hybridized carbons (Fsp3) is 0.769. The second-order valence-electron chi connectivity index (χ2n) is 5.31. The molecule has 0 aliphatic heterocycles. The molecule has 0 bridgehead atoms. The molecule has 0 radical (unpaired) electrons. The highest BCUT2D eigenvalue weighted by Crippen LogP contribution is 2.32. The molecule has 0 spiro atoms. The van der Waals surface area contributed by atoms with Crippen molar-refractivity contribution < 1.29 is 0 Å². The molecule has 1 aliphatic rings. The van der Waals surface area contributed by atoms with Crippen LogP contribution in [0.3, 0.4) is 0 Å². The van der Waals surface area contributed by atoms with Gasteiger partial charge in [-0.25, -0.2) is 0 Å². The third kappa shape index (κ3) is 3.25. The number of rotatable bonds is 4. The van der Waals surface area contributed by atoms with E-state index in [1.807, 2.05) is 11.7 Å². The smallest absolute Gasteiger partial charge is 0.0834 e. The zero-order chi connectivity index (χ0) is 13.0. The van der Waals surface area contributed by atoms with Gasteiger partial charge >= 0.3 is 0 Å². The lowest BCUT2D eigenvalue weighted by Gasteiger charge is -2.22. The summed E-state index contributed by atoms with van der Waals surface area (Å²) in [7, 11) is 1.92. The number of hydrazine groups is 1. The van der Waals surface area contributed by atoms with Crippen LogP contribution >= 0.6 is 11.6 Å². The summed E-state index contributed by atoms with van der Waals surface area (Å²) in [6, 6.07) is 0.105. The Morgan fingerprint density at radius 1 is 1.44 bits per heavy atom. The topological polar surface area (TPSA) is 55.9 Å². The van der Waals surface area contributed by atoms with Crippen LogP contribution in [0.25, 0.3) is 0 Å². The van der Waals surface area contributed by atoms with Crippen molar-refractivity contribution >= 4 is 11.6 Å². The Hall–Kier alpha value is -0.580. The van der Waals surface area contributed by atoms with Crippen LogP contribution in [0.5, 0.6) is 0 Å². The number of nitrogens with one attached hydrogen (secondary N) is 1. The van der Waals surface area contributed by atoms with Crippen molar-refractivity contribution in [3.05, 3.63) is 16.9 Å². The van der Waals surface area contributed by atoms with Crippen LogP contribution in [0.1, 0.15) is 56.7 Å². The van der Waals surface area contributed by atoms with Crippen LogP contribution in [0.2, 0.25) is 5.02 Å². The van der Waals surface area contributed by atoms with Crippen LogP contribution in [0.15, 0.2) is 6.20 Å². The Bertz CT molecular complexity index is 350. The molecule has 1 atom stereocenters. The Balaban J connectivity index is 2.04. The summed E-state index contributed by atoms with van der Waals surface area (Å²) in [6.45, 7) is 0. The van der Waals surface area contributed by atoms with Crippen molar-refractivity contribution in [2.75, 3.05) is 0 Å². The van der Waals surface area contributed by atoms with E-state index >= 15 is 0 Å². The van der Waals surface area contributed by atoms with Gasteiger partial charge in [0.2, 0.25) is 0 Å². The molecule has 1 saturated carbocycles. The van der Waals surface area contributed by atoms with Gasteiger partial charge < -0.3 is 0 Å². The lowest BCUT2D eigenvalue weighted by Crippen LogP contribution is -2.31. The monoisotopic (exact) mass is 270 g/mol. The molecular formula is C13H23ClN4. The van der Waals surface area contributed by atoms with Crippen LogP contribution in [-0.2, 0) is 7.05 Å². The van der Waals surface area contributed by atoms with Gasteiger partial charge in [0.1, 0.15) is 0 Å². The predicted octanol–water partition coefficient (Wildman–Crippen LogP) is 2.94. The molecule has 1 unspecified atom stereocenters. The molecule has 1 fully saturated rings. The average molecular weight is 271 g/mol. The van der Waals surface area contributed by atoms with Gasteiger partial charge in [-0.3, -0.25) is 16.0 Å². The lowest BCUT2D eigenvalue weighted by atomic mass is 9.91. The summed E-state index contributed by atoms with van der Waals surface area (Å²) >= 11 is 6.19. The van der Waals surface area contributed by atoms with Gasteiger partial charge in [-0.15, -0.1) is 0 Å². The summed E-state index contributed by atoms with van der Waals surface area (Å²) in [4.78, 5) is 0. The van der Waals surface area contributed by atoms with E-state index in [9.17, 15) is 0 Å². The van der Waals surface area contributed by atoms with E-state index < -0.39 is 0 Å². The first-order valence-corrected chi connectivity index (χ1v) is 7.23. The van der Waals surface area contributed by atoms with Crippen molar-refractivity contribution in [3.63, 3.8) is 0 Å². The molecule has 2 rings (SSSR count). The van der Waals surface area contributed by atoms with Crippen LogP contribution in [-0.4, -0.2) is 9.78 Å². The van der Waals surface area contributed by atoms with E-state index in [-0.39, 0.29) is 6.04 Å². The largest absolute Gasteiger partial charge is 0.271 e. The number of hydrogen-bond acceptors (Lipinski definition) is 3. The third-order valence-corrected chi connectivity index (χ3v) is 4.30. The minimum atomic E-state index is 0.105. The molecule has 0 aromatic carbocycles. The Morgan fingerprint density at radius 3 is 2.61 bits per heavy atom. The van der Waals surface area contributed by atoms with E-state index in [0.29, 0.717) is 5.02 Å². The first kappa shape index (κ1) is 13.8. The van der Waals surface area contributed by atoms with Crippen molar-refractivity contribution in [1.29, 1.82) is 0 Å². The fourth-order valence-corrected chi connectivity index (χ4v) is 3.30. The first-order chi connectivity index (χ1) is 8.72. The molecule has 1 aliphatic carbocycles. The Kier molecular flexibility index (Phi) is 5.03. The third-order valence-electron chi connectivity index (χ3n) is 4.01. The molecular weight excluding hydrogens is 248 g/mol. The predicted molar refractivity (Wildman–Crippen MR) is 74.1 cm³/mol. The molecule has 3 N–H and O–H groups in total. The fourth-order valence-electron chi connectivity index (χ4n) is 3.00. The van der Waals surface area contributed by atoms with Gasteiger partial charge in [0.15, 0.2) is 0 Å². The lowest BCUT2D eigenvalue weighted by molar-refractivity contribution is 0.349. The summed E-state index contributed by atoms with van der Waals surface area (Å²) in [5, 5.41) is 4.89. The van der Waals surface area contributed by atoms with Crippen LogP contribution in [0.4, 0.5) is 0 Å². The second kappa shape index (κ2) is 6.55. The molecule has 4 nitrogen and oxygen atoms in total. The van der Waals surface area contributed by atoms with E-state index in [4.69, 9.17) is 17.4 Å². The SMILES string of the molecule is Cn1ncc(Cl)c1C(CC1CCCCCC1)NN. The zero-order valence-electron chi connectivity index (χ0n) is 11.0. The van der Waals surface area contributed by atoms with Crippen molar-refractivity contribution in [1.82, 2.24) is 15.2 Å². The summed E-state index contributed by atoms with van der Waals surface area (Å²) in [5.41, 5.74) is 3.91. The van der Waals surface area contributed by atoms with Gasteiger partial charge in [0, 0.05) is 7.05 Å². The number of nitrogens with zero attached hydrogens (tertiary/aromatic N) is 2. The van der Waals surface area contributed by atoms with Crippen molar-refractivity contribution in [2.45, 2.75) is 51.0 Å². The average Bonchev–Trinajstić information content (AvgIpc) is 2.60. The maximum absolute atomic E-state index is 6.19. The Morgan fingerprint density at radius 2 is 2.11 bits per heavy atom. The molecule has 5 heteroatoms. The summed E-state index contributed by atoms with van der Waals surface area (Å²) < 4.78 is 1.82. The maximum atomic E-state index is 6.19. The zero-order valence-corrected chi connectivity index (χ0v) is 11.8. The van der Waals surface area contributed by atoms with E-state index in [0.717, 1.165) is 18.0 Å². The molecule has 1 heterocycles. The molecule has 0 saturated heterocycles. The number of hydrogen-bond donors (Lipinski definition) is 2. The van der Waals surface area contributed by atoms with Crippen molar-refractivity contribution in [2.24, 2.45) is 18.8 Å².